The average Bonchev–Trinajstić information content (AvgIpc) is 1.98. The molecule has 0 spiro atoms. The second-order valence-corrected chi connectivity index (χ2v) is 1.55. The molecule has 0 saturated carbocycles. The summed E-state index contributed by atoms with van der Waals surface area (Å²) in [5.41, 5.74) is 0. The third-order valence-electron chi connectivity index (χ3n) is 0.804. The van der Waals surface area contributed by atoms with Crippen molar-refractivity contribution >= 4 is 5.97 Å². The van der Waals surface area contributed by atoms with Crippen LogP contribution in [0.15, 0.2) is 0 Å². The molecule has 0 aromatic rings. The molecule has 0 heterocycles. The number of rotatable bonds is 5. The zero-order valence-corrected chi connectivity index (χ0v) is 5.93. The Bertz CT molecular complexity index is 95.0. The standard InChI is InChI=1S/C6H11FO3/c1-2-9-3-4-10-6(8)5-7/h2-5H2,1H3. The van der Waals surface area contributed by atoms with Crippen LogP contribution in [0.1, 0.15) is 6.92 Å². The van der Waals surface area contributed by atoms with Crippen LogP contribution in [0.25, 0.3) is 0 Å². The summed E-state index contributed by atoms with van der Waals surface area (Å²) in [6.07, 6.45) is 0. The molecule has 0 saturated heterocycles. The molecule has 0 N–H and O–H groups in total. The molecule has 0 bridgehead atoms. The number of hydrogen-bond donors (Lipinski definition) is 0. The molecule has 0 aliphatic rings. The van der Waals surface area contributed by atoms with E-state index in [2.05, 4.69) is 4.74 Å². The van der Waals surface area contributed by atoms with Crippen molar-refractivity contribution in [2.24, 2.45) is 0 Å². The fourth-order valence-corrected chi connectivity index (χ4v) is 0.397. The van der Waals surface area contributed by atoms with E-state index in [1.807, 2.05) is 6.92 Å². The van der Waals surface area contributed by atoms with Gasteiger partial charge in [-0.15, -0.1) is 0 Å². The molecule has 0 radical (unpaired) electrons. The van der Waals surface area contributed by atoms with Crippen LogP contribution < -0.4 is 0 Å². The van der Waals surface area contributed by atoms with Gasteiger partial charge in [-0.05, 0) is 6.92 Å². The van der Waals surface area contributed by atoms with Gasteiger partial charge in [0.25, 0.3) is 0 Å². The van der Waals surface area contributed by atoms with Crippen molar-refractivity contribution in [2.75, 3.05) is 26.5 Å². The lowest BCUT2D eigenvalue weighted by Crippen LogP contribution is -2.11. The fourth-order valence-electron chi connectivity index (χ4n) is 0.397. The van der Waals surface area contributed by atoms with Crippen LogP contribution in [-0.4, -0.2) is 32.5 Å². The number of esters is 1. The van der Waals surface area contributed by atoms with E-state index < -0.39 is 12.6 Å². The molecule has 0 aliphatic carbocycles. The number of carbonyl (C=O) groups excluding carboxylic acids is 1. The predicted octanol–water partition coefficient (Wildman–Crippen LogP) is 0.536. The molecule has 0 unspecified atom stereocenters. The van der Waals surface area contributed by atoms with Crippen molar-refractivity contribution in [1.82, 2.24) is 0 Å². The van der Waals surface area contributed by atoms with E-state index in [-0.39, 0.29) is 6.61 Å². The first-order valence-corrected chi connectivity index (χ1v) is 3.10. The number of alkyl halides is 1. The fraction of sp³-hybridized carbons (Fsp3) is 0.833. The van der Waals surface area contributed by atoms with Gasteiger partial charge in [0.2, 0.25) is 0 Å². The predicted molar refractivity (Wildman–Crippen MR) is 33.4 cm³/mol. The summed E-state index contributed by atoms with van der Waals surface area (Å²) in [6.45, 7) is 1.81. The lowest BCUT2D eigenvalue weighted by molar-refractivity contribution is -0.146. The summed E-state index contributed by atoms with van der Waals surface area (Å²) in [5.74, 6) is -0.834. The van der Waals surface area contributed by atoms with Crippen molar-refractivity contribution in [3.05, 3.63) is 0 Å². The molecule has 0 atom stereocenters. The topological polar surface area (TPSA) is 35.5 Å². The zero-order valence-electron chi connectivity index (χ0n) is 5.93. The van der Waals surface area contributed by atoms with Crippen LogP contribution in [0, 0.1) is 0 Å². The maximum atomic E-state index is 11.4. The quantitative estimate of drug-likeness (QED) is 0.423. The highest BCUT2D eigenvalue weighted by Gasteiger charge is 1.98. The van der Waals surface area contributed by atoms with E-state index in [0.717, 1.165) is 0 Å². The Balaban J connectivity index is 2.96. The summed E-state index contributed by atoms with van der Waals surface area (Å²) in [4.78, 5) is 10.1. The lowest BCUT2D eigenvalue weighted by atomic mass is 10.7. The molecule has 60 valence electrons. The van der Waals surface area contributed by atoms with Gasteiger partial charge >= 0.3 is 5.97 Å². The first kappa shape index (κ1) is 9.36. The molecule has 10 heavy (non-hydrogen) atoms. The SMILES string of the molecule is CCOCCOC(=O)CF. The van der Waals surface area contributed by atoms with Crippen LogP contribution in [0.4, 0.5) is 4.39 Å². The van der Waals surface area contributed by atoms with Gasteiger partial charge in [-0.1, -0.05) is 0 Å². The molecular weight excluding hydrogens is 139 g/mol. The van der Waals surface area contributed by atoms with E-state index >= 15 is 0 Å². The number of ether oxygens (including phenoxy) is 2. The number of halogens is 1. The normalized spacial score (nSPS) is 9.40. The van der Waals surface area contributed by atoms with Crippen molar-refractivity contribution < 1.29 is 18.7 Å². The molecule has 4 heteroatoms. The van der Waals surface area contributed by atoms with E-state index in [4.69, 9.17) is 4.74 Å². The second kappa shape index (κ2) is 6.48. The molecule has 0 fully saturated rings. The van der Waals surface area contributed by atoms with Gasteiger partial charge in [0.1, 0.15) is 6.61 Å². The highest BCUT2D eigenvalue weighted by Crippen LogP contribution is 1.80. The lowest BCUT2D eigenvalue weighted by Gasteiger charge is -2.00. The highest BCUT2D eigenvalue weighted by molar-refractivity contribution is 5.70. The first-order valence-electron chi connectivity index (χ1n) is 3.10. The van der Waals surface area contributed by atoms with Gasteiger partial charge in [0.15, 0.2) is 6.67 Å². The Morgan fingerprint density at radius 2 is 2.20 bits per heavy atom. The van der Waals surface area contributed by atoms with E-state index in [9.17, 15) is 9.18 Å². The molecule has 0 rings (SSSR count). The third-order valence-corrected chi connectivity index (χ3v) is 0.804. The summed E-state index contributed by atoms with van der Waals surface area (Å²) in [6, 6.07) is 0. The number of hydrogen-bond acceptors (Lipinski definition) is 3. The Morgan fingerprint density at radius 1 is 1.50 bits per heavy atom. The van der Waals surface area contributed by atoms with Gasteiger partial charge in [-0.25, -0.2) is 9.18 Å². The van der Waals surface area contributed by atoms with Crippen LogP contribution in [-0.2, 0) is 14.3 Å². The summed E-state index contributed by atoms with van der Waals surface area (Å²) in [7, 11) is 0. The highest BCUT2D eigenvalue weighted by atomic mass is 19.1. The van der Waals surface area contributed by atoms with Crippen LogP contribution in [0.2, 0.25) is 0 Å². The van der Waals surface area contributed by atoms with Crippen LogP contribution in [0.3, 0.4) is 0 Å². The van der Waals surface area contributed by atoms with Crippen molar-refractivity contribution in [3.63, 3.8) is 0 Å². The van der Waals surface area contributed by atoms with E-state index in [1.165, 1.54) is 0 Å². The average molecular weight is 150 g/mol. The summed E-state index contributed by atoms with van der Waals surface area (Å²) >= 11 is 0. The van der Waals surface area contributed by atoms with Gasteiger partial charge in [-0.3, -0.25) is 0 Å². The zero-order chi connectivity index (χ0) is 7.82. The molecule has 3 nitrogen and oxygen atoms in total. The Hall–Kier alpha value is -0.640. The van der Waals surface area contributed by atoms with Crippen LogP contribution >= 0.6 is 0 Å². The number of carbonyl (C=O) groups is 1. The second-order valence-electron chi connectivity index (χ2n) is 1.55. The maximum Gasteiger partial charge on any atom is 0.337 e. The molecular formula is C6H11FO3. The van der Waals surface area contributed by atoms with Crippen LogP contribution in [0.5, 0.6) is 0 Å². The van der Waals surface area contributed by atoms with Gasteiger partial charge in [0, 0.05) is 6.61 Å². The molecule has 0 amide bonds. The van der Waals surface area contributed by atoms with Gasteiger partial charge in [-0.2, -0.15) is 0 Å². The van der Waals surface area contributed by atoms with Gasteiger partial charge in [0.05, 0.1) is 6.61 Å². The molecule has 0 aliphatic heterocycles. The van der Waals surface area contributed by atoms with Gasteiger partial charge < -0.3 is 9.47 Å². The Labute approximate surface area is 59.1 Å². The van der Waals surface area contributed by atoms with Crippen molar-refractivity contribution in [2.45, 2.75) is 6.92 Å². The summed E-state index contributed by atoms with van der Waals surface area (Å²) < 4.78 is 20.6. The van der Waals surface area contributed by atoms with Crippen molar-refractivity contribution in [1.29, 1.82) is 0 Å². The minimum atomic E-state index is -1.06. The third kappa shape index (κ3) is 5.50. The first-order chi connectivity index (χ1) is 4.81. The monoisotopic (exact) mass is 150 g/mol. The molecule has 0 aromatic carbocycles. The van der Waals surface area contributed by atoms with Crippen molar-refractivity contribution in [3.8, 4) is 0 Å². The maximum absolute atomic E-state index is 11.4. The summed E-state index contributed by atoms with van der Waals surface area (Å²) in [5, 5.41) is 0. The Kier molecular flexibility index (Phi) is 6.06. The largest absolute Gasteiger partial charge is 0.461 e. The van der Waals surface area contributed by atoms with E-state index in [0.29, 0.717) is 13.2 Å². The minimum absolute atomic E-state index is 0.136. The Morgan fingerprint density at radius 3 is 2.70 bits per heavy atom. The van der Waals surface area contributed by atoms with E-state index in [1.54, 1.807) is 0 Å². The molecule has 0 aromatic heterocycles. The smallest absolute Gasteiger partial charge is 0.337 e. The minimum Gasteiger partial charge on any atom is -0.461 e.